The molecule has 0 aromatic carbocycles. The van der Waals surface area contributed by atoms with Crippen LogP contribution in [0.25, 0.3) is 0 Å². The molecule has 1 heterocycles. The van der Waals surface area contributed by atoms with Gasteiger partial charge >= 0.3 is 0 Å². The highest BCUT2D eigenvalue weighted by Gasteiger charge is 2.23. The van der Waals surface area contributed by atoms with Crippen molar-refractivity contribution in [1.82, 2.24) is 10.2 Å². The van der Waals surface area contributed by atoms with Crippen molar-refractivity contribution in [1.29, 1.82) is 0 Å². The highest BCUT2D eigenvalue weighted by Crippen LogP contribution is 2.31. The van der Waals surface area contributed by atoms with Crippen molar-refractivity contribution >= 4 is 23.0 Å². The fourth-order valence-electron chi connectivity index (χ4n) is 2.79. The highest BCUT2D eigenvalue weighted by molar-refractivity contribution is 7.80. The number of aromatic nitrogens is 2. The predicted octanol–water partition coefficient (Wildman–Crippen LogP) is 2.58. The Morgan fingerprint density at radius 2 is 2.11 bits per heavy atom. The van der Waals surface area contributed by atoms with Gasteiger partial charge in [0.1, 0.15) is 4.99 Å². The number of rotatable bonds is 4. The molecule has 0 spiro atoms. The standard InChI is InChI=1S/C14H22N4S/c1-8-5-4-6-11(8)7-16-14-12(13(15)19)9(2)10(3)17-18-14/h8,11H,4-7H2,1-3H3,(H2,15,19)(H,16,18). The van der Waals surface area contributed by atoms with E-state index in [4.69, 9.17) is 18.0 Å². The number of hydrogen-bond donors (Lipinski definition) is 2. The minimum Gasteiger partial charge on any atom is -0.389 e. The van der Waals surface area contributed by atoms with Crippen molar-refractivity contribution in [3.63, 3.8) is 0 Å². The van der Waals surface area contributed by atoms with Gasteiger partial charge < -0.3 is 11.1 Å². The van der Waals surface area contributed by atoms with Gasteiger partial charge in [-0.2, -0.15) is 5.10 Å². The molecule has 0 saturated heterocycles. The van der Waals surface area contributed by atoms with Gasteiger partial charge in [-0.05, 0) is 37.7 Å². The summed E-state index contributed by atoms with van der Waals surface area (Å²) in [5.74, 6) is 2.22. The lowest BCUT2D eigenvalue weighted by atomic mass is 9.98. The zero-order valence-electron chi connectivity index (χ0n) is 11.9. The number of nitrogens with two attached hydrogens (primary N) is 1. The predicted molar refractivity (Wildman–Crippen MR) is 82.4 cm³/mol. The van der Waals surface area contributed by atoms with E-state index < -0.39 is 0 Å². The fourth-order valence-corrected chi connectivity index (χ4v) is 3.04. The van der Waals surface area contributed by atoms with E-state index in [1.54, 1.807) is 0 Å². The second-order valence-electron chi connectivity index (χ2n) is 5.55. The third kappa shape index (κ3) is 3.03. The maximum absolute atomic E-state index is 5.82. The van der Waals surface area contributed by atoms with Crippen LogP contribution < -0.4 is 11.1 Å². The lowest BCUT2D eigenvalue weighted by Gasteiger charge is -2.18. The van der Waals surface area contributed by atoms with Gasteiger partial charge in [-0.1, -0.05) is 32.0 Å². The molecule has 2 atom stereocenters. The molecular weight excluding hydrogens is 256 g/mol. The zero-order chi connectivity index (χ0) is 14.0. The molecule has 4 nitrogen and oxygen atoms in total. The molecule has 0 radical (unpaired) electrons. The molecule has 1 saturated carbocycles. The Morgan fingerprint density at radius 1 is 1.37 bits per heavy atom. The van der Waals surface area contributed by atoms with Crippen LogP contribution >= 0.6 is 12.2 Å². The van der Waals surface area contributed by atoms with Gasteiger partial charge in [-0.15, -0.1) is 5.10 Å². The van der Waals surface area contributed by atoms with Crippen molar-refractivity contribution in [2.24, 2.45) is 17.6 Å². The van der Waals surface area contributed by atoms with Crippen LogP contribution in [-0.4, -0.2) is 21.7 Å². The normalized spacial score (nSPS) is 22.5. The molecule has 1 aliphatic rings. The first-order valence-corrected chi connectivity index (χ1v) is 7.29. The van der Waals surface area contributed by atoms with Crippen LogP contribution in [0, 0.1) is 25.7 Å². The number of hydrogen-bond acceptors (Lipinski definition) is 4. The number of nitrogens with one attached hydrogen (secondary N) is 1. The highest BCUT2D eigenvalue weighted by atomic mass is 32.1. The number of nitrogens with zero attached hydrogens (tertiary/aromatic N) is 2. The first kappa shape index (κ1) is 14.2. The molecule has 19 heavy (non-hydrogen) atoms. The van der Waals surface area contributed by atoms with Gasteiger partial charge in [-0.3, -0.25) is 0 Å². The number of anilines is 1. The smallest absolute Gasteiger partial charge is 0.159 e. The largest absolute Gasteiger partial charge is 0.389 e. The summed E-state index contributed by atoms with van der Waals surface area (Å²) in [6.07, 6.45) is 3.94. The van der Waals surface area contributed by atoms with Crippen LogP contribution in [0.15, 0.2) is 0 Å². The van der Waals surface area contributed by atoms with E-state index in [0.29, 0.717) is 10.9 Å². The minimum absolute atomic E-state index is 0.387. The average Bonchev–Trinajstić information content (AvgIpc) is 2.76. The minimum atomic E-state index is 0.387. The molecule has 0 aliphatic heterocycles. The summed E-state index contributed by atoms with van der Waals surface area (Å²) < 4.78 is 0. The van der Waals surface area contributed by atoms with E-state index in [9.17, 15) is 0 Å². The second kappa shape index (κ2) is 5.82. The molecule has 1 aromatic heterocycles. The van der Waals surface area contributed by atoms with Gasteiger partial charge in [-0.25, -0.2) is 0 Å². The van der Waals surface area contributed by atoms with Crippen molar-refractivity contribution < 1.29 is 0 Å². The van der Waals surface area contributed by atoms with Gasteiger partial charge in [0.2, 0.25) is 0 Å². The maximum atomic E-state index is 5.82. The van der Waals surface area contributed by atoms with Crippen molar-refractivity contribution in [3.05, 3.63) is 16.8 Å². The van der Waals surface area contributed by atoms with Crippen molar-refractivity contribution in [3.8, 4) is 0 Å². The summed E-state index contributed by atoms with van der Waals surface area (Å²) in [6, 6.07) is 0. The summed E-state index contributed by atoms with van der Waals surface area (Å²) in [6.45, 7) is 7.16. The first-order chi connectivity index (χ1) is 9.00. The molecular formula is C14H22N4S. The Hall–Kier alpha value is -1.23. The molecule has 2 unspecified atom stereocenters. The summed E-state index contributed by atoms with van der Waals surface area (Å²) in [7, 11) is 0. The van der Waals surface area contributed by atoms with Gasteiger partial charge in [0.05, 0.1) is 11.3 Å². The topological polar surface area (TPSA) is 63.8 Å². The molecule has 5 heteroatoms. The Bertz CT molecular complexity index is 487. The third-order valence-corrected chi connectivity index (χ3v) is 4.48. The fraction of sp³-hybridized carbons (Fsp3) is 0.643. The average molecular weight is 278 g/mol. The molecule has 1 aliphatic carbocycles. The summed E-state index contributed by atoms with van der Waals surface area (Å²) in [4.78, 5) is 0.387. The van der Waals surface area contributed by atoms with E-state index in [1.165, 1.54) is 19.3 Å². The third-order valence-electron chi connectivity index (χ3n) is 4.27. The monoisotopic (exact) mass is 278 g/mol. The Labute approximate surface area is 120 Å². The molecule has 0 bridgehead atoms. The molecule has 104 valence electrons. The molecule has 1 aromatic rings. The van der Waals surface area contributed by atoms with Gasteiger partial charge in [0.15, 0.2) is 5.82 Å². The van der Waals surface area contributed by atoms with E-state index >= 15 is 0 Å². The van der Waals surface area contributed by atoms with Crippen molar-refractivity contribution in [2.45, 2.75) is 40.0 Å². The molecule has 0 amide bonds. The van der Waals surface area contributed by atoms with E-state index in [1.807, 2.05) is 13.8 Å². The van der Waals surface area contributed by atoms with E-state index in [-0.39, 0.29) is 0 Å². The van der Waals surface area contributed by atoms with E-state index in [0.717, 1.165) is 35.1 Å². The lowest BCUT2D eigenvalue weighted by Crippen LogP contribution is -2.22. The van der Waals surface area contributed by atoms with Gasteiger partial charge in [0.25, 0.3) is 0 Å². The lowest BCUT2D eigenvalue weighted by molar-refractivity contribution is 0.439. The summed E-state index contributed by atoms with van der Waals surface area (Å²) >= 11 is 5.14. The van der Waals surface area contributed by atoms with Crippen LogP contribution in [0.3, 0.4) is 0 Å². The Morgan fingerprint density at radius 3 is 2.68 bits per heavy atom. The molecule has 1 fully saturated rings. The number of thiocarbonyl (C=S) groups is 1. The van der Waals surface area contributed by atoms with Crippen LogP contribution in [0.5, 0.6) is 0 Å². The molecule has 3 N–H and O–H groups in total. The summed E-state index contributed by atoms with van der Waals surface area (Å²) in [5.41, 5.74) is 8.56. The zero-order valence-corrected chi connectivity index (χ0v) is 12.7. The summed E-state index contributed by atoms with van der Waals surface area (Å²) in [5, 5.41) is 11.8. The van der Waals surface area contributed by atoms with E-state index in [2.05, 4.69) is 22.4 Å². The SMILES string of the molecule is Cc1nnc(NCC2CCCC2C)c(C(N)=S)c1C. The van der Waals surface area contributed by atoms with Crippen LogP contribution in [0.1, 0.15) is 43.0 Å². The Kier molecular flexibility index (Phi) is 4.34. The quantitative estimate of drug-likeness (QED) is 0.829. The van der Waals surface area contributed by atoms with Crippen LogP contribution in [0.2, 0.25) is 0 Å². The van der Waals surface area contributed by atoms with Crippen molar-refractivity contribution in [2.75, 3.05) is 11.9 Å². The van der Waals surface area contributed by atoms with Crippen LogP contribution in [-0.2, 0) is 0 Å². The Balaban J connectivity index is 2.16. The molecule has 2 rings (SSSR count). The van der Waals surface area contributed by atoms with Gasteiger partial charge in [0, 0.05) is 6.54 Å². The number of aryl methyl sites for hydroxylation is 1. The maximum Gasteiger partial charge on any atom is 0.159 e. The van der Waals surface area contributed by atoms with Crippen LogP contribution in [0.4, 0.5) is 5.82 Å². The first-order valence-electron chi connectivity index (χ1n) is 6.88. The second-order valence-corrected chi connectivity index (χ2v) is 5.99.